The average molecular weight is 740 g/mol. The van der Waals surface area contributed by atoms with Crippen molar-refractivity contribution >= 4 is 54.4 Å². The van der Waals surface area contributed by atoms with Crippen LogP contribution in [0.1, 0.15) is 25.0 Å². The summed E-state index contributed by atoms with van der Waals surface area (Å²) >= 11 is 0. The van der Waals surface area contributed by atoms with E-state index in [9.17, 15) is 0 Å². The van der Waals surface area contributed by atoms with Gasteiger partial charge in [-0.05, 0) is 104 Å². The fraction of sp³-hybridized carbons (Fsp3) is 0.0545. The van der Waals surface area contributed by atoms with Gasteiger partial charge in [-0.25, -0.2) is 4.98 Å². The molecule has 58 heavy (non-hydrogen) atoms. The Hall–Kier alpha value is -7.36. The fourth-order valence-corrected chi connectivity index (χ4v) is 9.72. The van der Waals surface area contributed by atoms with Crippen LogP contribution in [0.4, 0.5) is 0 Å². The van der Waals surface area contributed by atoms with E-state index in [0.717, 1.165) is 33.1 Å². The third-order valence-corrected chi connectivity index (χ3v) is 12.6. The summed E-state index contributed by atoms with van der Waals surface area (Å²) in [4.78, 5) is 10.4. The largest absolute Gasteiger partial charge is 0.309 e. The van der Waals surface area contributed by atoms with Gasteiger partial charge in [-0.1, -0.05) is 147 Å². The first-order valence-electron chi connectivity index (χ1n) is 20.1. The molecule has 1 aliphatic carbocycles. The van der Waals surface area contributed by atoms with Crippen molar-refractivity contribution in [3.05, 3.63) is 199 Å². The number of fused-ring (bicyclic) bond motifs is 12. The molecular weight excluding hydrogens is 703 g/mol. The highest BCUT2D eigenvalue weighted by molar-refractivity contribution is 6.23. The van der Waals surface area contributed by atoms with Gasteiger partial charge in [0.1, 0.15) is 0 Å². The Morgan fingerprint density at radius 2 is 0.931 bits per heavy atom. The molecule has 1 aliphatic rings. The lowest BCUT2D eigenvalue weighted by atomic mass is 9.81. The van der Waals surface area contributed by atoms with Gasteiger partial charge in [0.2, 0.25) is 0 Å². The van der Waals surface area contributed by atoms with E-state index in [4.69, 9.17) is 9.97 Å². The lowest BCUT2D eigenvalue weighted by molar-refractivity contribution is 0.661. The van der Waals surface area contributed by atoms with Gasteiger partial charge in [0.25, 0.3) is 0 Å². The first-order chi connectivity index (χ1) is 28.5. The highest BCUT2D eigenvalue weighted by Crippen LogP contribution is 2.51. The number of para-hydroxylation sites is 2. The van der Waals surface area contributed by atoms with Crippen LogP contribution in [0, 0.1) is 0 Å². The molecule has 0 unspecified atom stereocenters. The molecule has 2 heterocycles. The standard InChI is InChI=1S/C55H37N3/c1-55(2)48-31-37(35-14-12-13-34(29-35)36-25-28-52-47(30-36)44-19-10-11-22-51(44)58(52)39-15-4-3-5-16-39)23-26-42(48)43-27-24-38(32-49(43)55)50-33-56-53-45-20-8-6-17-40(45)41-18-7-9-21-46(41)54(53)57-50/h3-33H,1-2H3. The van der Waals surface area contributed by atoms with Crippen molar-refractivity contribution in [1.29, 1.82) is 0 Å². The molecular formula is C55H37N3. The van der Waals surface area contributed by atoms with Crippen LogP contribution < -0.4 is 0 Å². The second-order valence-electron chi connectivity index (χ2n) is 16.2. The Balaban J connectivity index is 0.912. The maximum Gasteiger partial charge on any atom is 0.0979 e. The monoisotopic (exact) mass is 739 g/mol. The number of hydrogen-bond acceptors (Lipinski definition) is 2. The van der Waals surface area contributed by atoms with Gasteiger partial charge in [-0.3, -0.25) is 4.98 Å². The summed E-state index contributed by atoms with van der Waals surface area (Å²) in [7, 11) is 0. The maximum absolute atomic E-state index is 5.32. The Morgan fingerprint density at radius 3 is 1.66 bits per heavy atom. The van der Waals surface area contributed by atoms with Gasteiger partial charge in [0, 0.05) is 38.2 Å². The van der Waals surface area contributed by atoms with E-state index in [1.807, 2.05) is 6.20 Å². The lowest BCUT2D eigenvalue weighted by Crippen LogP contribution is -2.15. The number of rotatable bonds is 4. The van der Waals surface area contributed by atoms with Crippen molar-refractivity contribution in [2.45, 2.75) is 19.3 Å². The summed E-state index contributed by atoms with van der Waals surface area (Å²) in [6, 6.07) is 66.3. The van der Waals surface area contributed by atoms with Crippen LogP contribution in [0.2, 0.25) is 0 Å². The summed E-state index contributed by atoms with van der Waals surface area (Å²) in [6.07, 6.45) is 1.95. The first kappa shape index (κ1) is 32.8. The first-order valence-corrected chi connectivity index (χ1v) is 20.1. The quantitative estimate of drug-likeness (QED) is 0.168. The molecule has 2 aromatic heterocycles. The number of nitrogens with zero attached hydrogens (tertiary/aromatic N) is 3. The van der Waals surface area contributed by atoms with Crippen LogP contribution in [-0.2, 0) is 5.41 Å². The zero-order valence-corrected chi connectivity index (χ0v) is 32.2. The summed E-state index contributed by atoms with van der Waals surface area (Å²) in [5.41, 5.74) is 17.4. The van der Waals surface area contributed by atoms with Gasteiger partial charge in [-0.2, -0.15) is 0 Å². The van der Waals surface area contributed by atoms with Crippen molar-refractivity contribution in [2.24, 2.45) is 0 Å². The van der Waals surface area contributed by atoms with Gasteiger partial charge < -0.3 is 4.57 Å². The molecule has 0 fully saturated rings. The highest BCUT2D eigenvalue weighted by Gasteiger charge is 2.36. The van der Waals surface area contributed by atoms with Gasteiger partial charge in [-0.15, -0.1) is 0 Å². The molecule has 11 aromatic rings. The molecule has 272 valence electrons. The highest BCUT2D eigenvalue weighted by atomic mass is 15.0. The summed E-state index contributed by atoms with van der Waals surface area (Å²) in [6.45, 7) is 4.71. The van der Waals surface area contributed by atoms with E-state index in [0.29, 0.717) is 0 Å². The van der Waals surface area contributed by atoms with E-state index < -0.39 is 0 Å². The van der Waals surface area contributed by atoms with Crippen molar-refractivity contribution in [1.82, 2.24) is 14.5 Å². The van der Waals surface area contributed by atoms with Crippen molar-refractivity contribution in [3.8, 4) is 50.3 Å². The van der Waals surface area contributed by atoms with Crippen LogP contribution in [0.5, 0.6) is 0 Å². The number of aromatic nitrogens is 3. The zero-order chi connectivity index (χ0) is 38.5. The van der Waals surface area contributed by atoms with E-state index in [1.54, 1.807) is 0 Å². The van der Waals surface area contributed by atoms with Crippen LogP contribution in [0.3, 0.4) is 0 Å². The minimum atomic E-state index is -0.195. The average Bonchev–Trinajstić information content (AvgIpc) is 3.74. The number of hydrogen-bond donors (Lipinski definition) is 0. The van der Waals surface area contributed by atoms with Crippen LogP contribution in [-0.4, -0.2) is 14.5 Å². The molecule has 3 nitrogen and oxygen atoms in total. The predicted octanol–water partition coefficient (Wildman–Crippen LogP) is 14.3. The Kier molecular flexibility index (Phi) is 6.98. The SMILES string of the molecule is CC1(C)c2cc(-c3cccc(-c4ccc5c(c4)c4ccccc4n5-c4ccccc4)c3)ccc2-c2ccc(-c3cnc4c5ccccc5c5ccccc5c4n3)cc21. The molecule has 0 saturated carbocycles. The van der Waals surface area contributed by atoms with Crippen molar-refractivity contribution < 1.29 is 0 Å². The second-order valence-corrected chi connectivity index (χ2v) is 16.2. The second kappa shape index (κ2) is 12.3. The molecule has 12 rings (SSSR count). The molecule has 9 aromatic carbocycles. The molecule has 0 spiro atoms. The van der Waals surface area contributed by atoms with E-state index in [1.165, 1.54) is 82.8 Å². The Bertz CT molecular complexity index is 3450. The zero-order valence-electron chi connectivity index (χ0n) is 32.2. The molecule has 0 atom stereocenters. The van der Waals surface area contributed by atoms with Gasteiger partial charge in [0.15, 0.2) is 0 Å². The fourth-order valence-electron chi connectivity index (χ4n) is 9.72. The molecule has 0 bridgehead atoms. The van der Waals surface area contributed by atoms with Gasteiger partial charge in [0.05, 0.1) is 34.0 Å². The minimum Gasteiger partial charge on any atom is -0.309 e. The minimum absolute atomic E-state index is 0.195. The van der Waals surface area contributed by atoms with E-state index in [2.05, 4.69) is 200 Å². The predicted molar refractivity (Wildman–Crippen MR) is 243 cm³/mol. The molecule has 0 N–H and O–H groups in total. The third-order valence-electron chi connectivity index (χ3n) is 12.6. The molecule has 0 radical (unpaired) electrons. The smallest absolute Gasteiger partial charge is 0.0979 e. The Morgan fingerprint density at radius 1 is 0.397 bits per heavy atom. The van der Waals surface area contributed by atoms with Crippen molar-refractivity contribution in [3.63, 3.8) is 0 Å². The van der Waals surface area contributed by atoms with Crippen molar-refractivity contribution in [2.75, 3.05) is 0 Å². The molecule has 0 saturated heterocycles. The van der Waals surface area contributed by atoms with E-state index >= 15 is 0 Å². The Labute approximate surface area is 336 Å². The summed E-state index contributed by atoms with van der Waals surface area (Å²) in [5, 5.41) is 7.20. The lowest BCUT2D eigenvalue weighted by Gasteiger charge is -2.22. The van der Waals surface area contributed by atoms with Gasteiger partial charge >= 0.3 is 0 Å². The number of benzene rings is 9. The van der Waals surface area contributed by atoms with Crippen LogP contribution in [0.15, 0.2) is 188 Å². The van der Waals surface area contributed by atoms with Crippen LogP contribution >= 0.6 is 0 Å². The maximum atomic E-state index is 5.32. The summed E-state index contributed by atoms with van der Waals surface area (Å²) in [5.74, 6) is 0. The molecule has 0 amide bonds. The van der Waals surface area contributed by atoms with Crippen LogP contribution in [0.25, 0.3) is 105 Å². The third kappa shape index (κ3) is 4.80. The normalized spacial score (nSPS) is 13.1. The molecule has 3 heteroatoms. The summed E-state index contributed by atoms with van der Waals surface area (Å²) < 4.78 is 2.37. The van der Waals surface area contributed by atoms with E-state index in [-0.39, 0.29) is 5.41 Å². The topological polar surface area (TPSA) is 30.7 Å². The molecule has 0 aliphatic heterocycles.